The van der Waals surface area contributed by atoms with Crippen LogP contribution in [0, 0.1) is 10.1 Å². The van der Waals surface area contributed by atoms with Gasteiger partial charge in [-0.05, 0) is 16.6 Å². The molecule has 1 amide bonds. The van der Waals surface area contributed by atoms with Crippen molar-refractivity contribution in [3.05, 3.63) is 69.0 Å². The number of rotatable bonds is 5. The first-order valence-electron chi connectivity index (χ1n) is 6.81. The maximum absolute atomic E-state index is 12.0. The van der Waals surface area contributed by atoms with Gasteiger partial charge in [0, 0.05) is 17.3 Å². The fourth-order valence-corrected chi connectivity index (χ4v) is 2.21. The van der Waals surface area contributed by atoms with E-state index in [9.17, 15) is 14.9 Å². The van der Waals surface area contributed by atoms with Gasteiger partial charge in [-0.1, -0.05) is 34.9 Å². The van der Waals surface area contributed by atoms with Gasteiger partial charge in [-0.15, -0.1) is 5.10 Å². The van der Waals surface area contributed by atoms with Gasteiger partial charge in [0.05, 0.1) is 12.6 Å². The Hall–Kier alpha value is -3.20. The number of nitrogens with zero attached hydrogens (tertiary/aromatic N) is 4. The van der Waals surface area contributed by atoms with Crippen LogP contribution >= 0.6 is 11.6 Å². The molecule has 122 valence electrons. The van der Waals surface area contributed by atoms with Crippen molar-refractivity contribution in [2.45, 2.75) is 6.54 Å². The first-order chi connectivity index (χ1) is 11.5. The Bertz CT molecular complexity index is 903. The Morgan fingerprint density at radius 1 is 1.38 bits per heavy atom. The van der Waals surface area contributed by atoms with Gasteiger partial charge in [-0.25, -0.2) is 0 Å². The molecular formula is C14H11ClN6O3. The second-order valence-electron chi connectivity index (χ2n) is 4.84. The molecule has 0 saturated carbocycles. The van der Waals surface area contributed by atoms with E-state index in [2.05, 4.69) is 20.6 Å². The van der Waals surface area contributed by atoms with E-state index >= 15 is 0 Å². The zero-order valence-corrected chi connectivity index (χ0v) is 12.9. The Morgan fingerprint density at radius 2 is 2.17 bits per heavy atom. The van der Waals surface area contributed by atoms with Crippen LogP contribution in [-0.4, -0.2) is 30.8 Å². The third-order valence-electron chi connectivity index (χ3n) is 3.17. The fourth-order valence-electron chi connectivity index (χ4n) is 2.02. The number of amides is 1. The van der Waals surface area contributed by atoms with Crippen LogP contribution in [0.2, 0.25) is 5.02 Å². The fraction of sp³-hybridized carbons (Fsp3) is 0.0714. The second-order valence-corrected chi connectivity index (χ2v) is 5.25. The molecule has 10 heteroatoms. The van der Waals surface area contributed by atoms with Crippen LogP contribution in [0.4, 0.5) is 11.6 Å². The Morgan fingerprint density at radius 3 is 2.88 bits per heavy atom. The maximum atomic E-state index is 12.0. The summed E-state index contributed by atoms with van der Waals surface area (Å²) in [6, 6.07) is 10.0. The van der Waals surface area contributed by atoms with Gasteiger partial charge in [0.15, 0.2) is 11.5 Å². The number of aromatic nitrogens is 4. The van der Waals surface area contributed by atoms with Crippen LogP contribution in [0.25, 0.3) is 0 Å². The van der Waals surface area contributed by atoms with Crippen molar-refractivity contribution in [1.82, 2.24) is 20.0 Å². The molecule has 0 aliphatic carbocycles. The molecule has 0 bridgehead atoms. The third-order valence-corrected chi connectivity index (χ3v) is 3.53. The van der Waals surface area contributed by atoms with E-state index in [-0.39, 0.29) is 11.5 Å². The highest BCUT2D eigenvalue weighted by atomic mass is 35.5. The minimum atomic E-state index is -0.665. The van der Waals surface area contributed by atoms with Crippen molar-refractivity contribution < 1.29 is 9.72 Å². The Kier molecular flexibility index (Phi) is 4.25. The smallest absolute Gasteiger partial charge is 0.343 e. The van der Waals surface area contributed by atoms with Gasteiger partial charge in [0.25, 0.3) is 5.91 Å². The lowest BCUT2D eigenvalue weighted by molar-refractivity contribution is -0.389. The van der Waals surface area contributed by atoms with Gasteiger partial charge < -0.3 is 15.4 Å². The second kappa shape index (κ2) is 6.50. The lowest BCUT2D eigenvalue weighted by Crippen LogP contribution is -2.13. The summed E-state index contributed by atoms with van der Waals surface area (Å²) in [5.74, 6) is -0.649. The summed E-state index contributed by atoms with van der Waals surface area (Å²) in [5, 5.41) is 23.7. The molecule has 1 aromatic carbocycles. The molecule has 0 radical (unpaired) electrons. The molecule has 0 unspecified atom stereocenters. The molecule has 24 heavy (non-hydrogen) atoms. The molecular weight excluding hydrogens is 336 g/mol. The van der Waals surface area contributed by atoms with Crippen LogP contribution in [-0.2, 0) is 6.54 Å². The van der Waals surface area contributed by atoms with E-state index in [0.717, 1.165) is 11.6 Å². The Balaban J connectivity index is 1.68. The lowest BCUT2D eigenvalue weighted by Gasteiger charge is -2.04. The van der Waals surface area contributed by atoms with Crippen molar-refractivity contribution in [1.29, 1.82) is 0 Å². The van der Waals surface area contributed by atoms with Crippen LogP contribution in [0.1, 0.15) is 16.1 Å². The summed E-state index contributed by atoms with van der Waals surface area (Å²) >= 11 is 6.10. The molecule has 0 spiro atoms. The zero-order valence-electron chi connectivity index (χ0n) is 12.1. The topological polar surface area (TPSA) is 119 Å². The van der Waals surface area contributed by atoms with E-state index < -0.39 is 10.8 Å². The quantitative estimate of drug-likeness (QED) is 0.543. The summed E-state index contributed by atoms with van der Waals surface area (Å²) in [5.41, 5.74) is 0.797. The maximum Gasteiger partial charge on any atom is 0.343 e. The van der Waals surface area contributed by atoms with Crippen molar-refractivity contribution >= 4 is 29.1 Å². The van der Waals surface area contributed by atoms with Gasteiger partial charge in [0.1, 0.15) is 0 Å². The molecule has 2 N–H and O–H groups in total. The van der Waals surface area contributed by atoms with Crippen molar-refractivity contribution in [3.63, 3.8) is 0 Å². The summed E-state index contributed by atoms with van der Waals surface area (Å²) < 4.78 is 1.61. The number of carbonyl (C=O) groups is 1. The van der Waals surface area contributed by atoms with Crippen LogP contribution < -0.4 is 5.32 Å². The van der Waals surface area contributed by atoms with Crippen molar-refractivity contribution in [2.24, 2.45) is 0 Å². The molecule has 9 nitrogen and oxygen atoms in total. The Labute approximate surface area is 140 Å². The van der Waals surface area contributed by atoms with Crippen LogP contribution in [0.5, 0.6) is 0 Å². The molecule has 0 aliphatic heterocycles. The molecule has 0 saturated heterocycles. The van der Waals surface area contributed by atoms with Gasteiger partial charge >= 0.3 is 5.82 Å². The third kappa shape index (κ3) is 3.41. The first-order valence-corrected chi connectivity index (χ1v) is 7.19. The van der Waals surface area contributed by atoms with Gasteiger partial charge in [0.2, 0.25) is 0 Å². The highest BCUT2D eigenvalue weighted by Crippen LogP contribution is 2.17. The molecule has 3 rings (SSSR count). The van der Waals surface area contributed by atoms with Crippen LogP contribution in [0.3, 0.4) is 0 Å². The lowest BCUT2D eigenvalue weighted by atomic mass is 10.2. The number of carbonyl (C=O) groups excluding carboxylic acids is 1. The summed E-state index contributed by atoms with van der Waals surface area (Å²) in [6.07, 6.45) is 1.69. The van der Waals surface area contributed by atoms with Gasteiger partial charge in [-0.2, -0.15) is 5.10 Å². The number of aromatic amines is 1. The van der Waals surface area contributed by atoms with E-state index in [4.69, 9.17) is 11.6 Å². The number of H-pyrrole nitrogens is 1. The van der Waals surface area contributed by atoms with Crippen molar-refractivity contribution in [3.8, 4) is 0 Å². The molecule has 3 aromatic rings. The highest BCUT2D eigenvalue weighted by Gasteiger charge is 2.17. The average molecular weight is 347 g/mol. The number of hydrogen-bond acceptors (Lipinski definition) is 5. The van der Waals surface area contributed by atoms with Crippen molar-refractivity contribution in [2.75, 3.05) is 5.32 Å². The van der Waals surface area contributed by atoms with E-state index in [1.165, 1.54) is 0 Å². The molecule has 0 atom stereocenters. The number of halogens is 1. The monoisotopic (exact) mass is 346 g/mol. The first kappa shape index (κ1) is 15.7. The predicted molar refractivity (Wildman–Crippen MR) is 86.0 cm³/mol. The molecule has 2 heterocycles. The number of nitrogens with one attached hydrogen (secondary N) is 2. The summed E-state index contributed by atoms with van der Waals surface area (Å²) in [4.78, 5) is 21.9. The summed E-state index contributed by atoms with van der Waals surface area (Å²) in [7, 11) is 0. The number of benzene rings is 1. The summed E-state index contributed by atoms with van der Waals surface area (Å²) in [6.45, 7) is 0.448. The zero-order chi connectivity index (χ0) is 17.1. The molecule has 0 fully saturated rings. The highest BCUT2D eigenvalue weighted by molar-refractivity contribution is 6.31. The largest absolute Gasteiger partial charge is 0.358 e. The van der Waals surface area contributed by atoms with E-state index in [1.807, 2.05) is 18.2 Å². The van der Waals surface area contributed by atoms with E-state index in [0.29, 0.717) is 17.4 Å². The predicted octanol–water partition coefficient (Wildman–Crippen LogP) is 2.47. The SMILES string of the molecule is O=C(Nc1ccn(Cc2ccccc2Cl)n1)c1cc([N+](=O)[O-])[nH]n1. The van der Waals surface area contributed by atoms with Gasteiger partial charge in [-0.3, -0.25) is 9.48 Å². The minimum absolute atomic E-state index is 0.0950. The molecule has 0 aliphatic rings. The van der Waals surface area contributed by atoms with Crippen LogP contribution in [0.15, 0.2) is 42.6 Å². The number of anilines is 1. The molecule has 2 aromatic heterocycles. The normalized spacial score (nSPS) is 10.5. The minimum Gasteiger partial charge on any atom is -0.358 e. The number of nitro groups is 1. The average Bonchev–Trinajstić information content (AvgIpc) is 3.19. The number of hydrogen-bond donors (Lipinski definition) is 2. The standard InChI is InChI=1S/C14H11ClN6O3/c15-10-4-2-1-3-9(10)8-20-6-5-12(19-20)16-14(22)11-7-13(18-17-11)21(23)24/h1-7H,8H2,(H,17,18)(H,16,19,22). The van der Waals surface area contributed by atoms with E-state index in [1.54, 1.807) is 23.0 Å².